The zero-order valence-electron chi connectivity index (χ0n) is 20.2. The highest BCUT2D eigenvalue weighted by Gasteiger charge is 2.22. The lowest BCUT2D eigenvalue weighted by molar-refractivity contribution is 0.0696. The van der Waals surface area contributed by atoms with E-state index in [2.05, 4.69) is 5.16 Å². The van der Waals surface area contributed by atoms with Crippen molar-refractivity contribution in [2.24, 2.45) is 12.2 Å². The van der Waals surface area contributed by atoms with Crippen molar-refractivity contribution in [3.05, 3.63) is 128 Å². The Kier molecular flexibility index (Phi) is 7.55. The van der Waals surface area contributed by atoms with E-state index in [-0.39, 0.29) is 22.6 Å². The van der Waals surface area contributed by atoms with Gasteiger partial charge in [0.1, 0.15) is 5.82 Å². The fourth-order valence-corrected chi connectivity index (χ4v) is 4.54. The van der Waals surface area contributed by atoms with Crippen molar-refractivity contribution in [1.82, 2.24) is 4.57 Å². The maximum Gasteiger partial charge on any atom is 0.335 e. The number of rotatable bonds is 7. The van der Waals surface area contributed by atoms with E-state index in [1.807, 2.05) is 31.2 Å². The lowest BCUT2D eigenvalue weighted by Gasteiger charge is -2.20. The fraction of sp³-hybridized carbons (Fsp3) is 0.138. The molecule has 0 aliphatic carbocycles. The highest BCUT2D eigenvalue weighted by molar-refractivity contribution is 6.30. The topological polar surface area (TPSA) is 91.9 Å². The summed E-state index contributed by atoms with van der Waals surface area (Å²) in [5, 5.41) is 22.8. The van der Waals surface area contributed by atoms with Crippen LogP contribution in [0.1, 0.15) is 45.0 Å². The number of aromatic carboxylic acids is 1. The Morgan fingerprint density at radius 1 is 1.03 bits per heavy atom. The third-order valence-corrected chi connectivity index (χ3v) is 6.61. The predicted molar refractivity (Wildman–Crippen MR) is 141 cm³/mol. The lowest BCUT2D eigenvalue weighted by Crippen LogP contribution is -2.18. The minimum atomic E-state index is -0.988. The molecule has 1 atom stereocenters. The number of oxime groups is 1. The summed E-state index contributed by atoms with van der Waals surface area (Å²) in [7, 11) is 1.60. The van der Waals surface area contributed by atoms with E-state index in [9.17, 15) is 19.9 Å². The summed E-state index contributed by atoms with van der Waals surface area (Å²) in [6.07, 6.45) is 1.72. The second-order valence-corrected chi connectivity index (χ2v) is 9.23. The predicted octanol–water partition coefficient (Wildman–Crippen LogP) is 6.25. The van der Waals surface area contributed by atoms with E-state index in [1.165, 1.54) is 16.7 Å². The summed E-state index contributed by atoms with van der Waals surface area (Å²) < 4.78 is 16.5. The summed E-state index contributed by atoms with van der Waals surface area (Å²) in [5.41, 5.74) is 4.57. The average molecular weight is 519 g/mol. The standard InChI is InChI=1S/C29H24ClFN2O4/c1-17-13-20(29(35)36)7-10-23(17)18-3-5-19(6-4-18)25(24-11-9-22(30)14-26(24)31)15-27(32-37)21-8-12-28(34)33(2)16-21/h3-14,16,25,37H,15H2,1-2H3,(H,35,36)/b32-27+/t25-/m0/s1. The number of nitrogens with zero attached hydrogens (tertiary/aromatic N) is 2. The molecule has 0 fully saturated rings. The molecule has 1 aromatic heterocycles. The van der Waals surface area contributed by atoms with Crippen molar-refractivity contribution >= 4 is 23.3 Å². The maximum absolute atomic E-state index is 15.1. The Labute approximate surface area is 217 Å². The molecule has 0 amide bonds. The minimum absolute atomic E-state index is 0.152. The minimum Gasteiger partial charge on any atom is -0.478 e. The van der Waals surface area contributed by atoms with Gasteiger partial charge >= 0.3 is 5.97 Å². The Morgan fingerprint density at radius 2 is 1.73 bits per heavy atom. The molecule has 0 spiro atoms. The van der Waals surface area contributed by atoms with Crippen LogP contribution in [0.15, 0.2) is 88.9 Å². The molecule has 0 radical (unpaired) electrons. The third kappa shape index (κ3) is 5.62. The quantitative estimate of drug-likeness (QED) is 0.172. The van der Waals surface area contributed by atoms with Crippen LogP contribution in [0, 0.1) is 12.7 Å². The number of benzene rings is 3. The number of hydrogen-bond acceptors (Lipinski definition) is 4. The van der Waals surface area contributed by atoms with Gasteiger partial charge in [-0.1, -0.05) is 53.2 Å². The second kappa shape index (κ2) is 10.8. The number of carbonyl (C=O) groups is 1. The molecule has 8 heteroatoms. The third-order valence-electron chi connectivity index (χ3n) is 6.37. The maximum atomic E-state index is 15.1. The van der Waals surface area contributed by atoms with Crippen LogP contribution in [-0.4, -0.2) is 26.6 Å². The van der Waals surface area contributed by atoms with Gasteiger partial charge in [-0.05, 0) is 65.1 Å². The molecule has 3 aromatic carbocycles. The van der Waals surface area contributed by atoms with Gasteiger partial charge < -0.3 is 14.9 Å². The number of carboxylic acids is 1. The Morgan fingerprint density at radius 3 is 2.32 bits per heavy atom. The van der Waals surface area contributed by atoms with Crippen molar-refractivity contribution in [3.8, 4) is 11.1 Å². The van der Waals surface area contributed by atoms with Gasteiger partial charge in [-0.25, -0.2) is 9.18 Å². The van der Waals surface area contributed by atoms with E-state index in [0.29, 0.717) is 16.8 Å². The Hall–Kier alpha value is -4.23. The summed E-state index contributed by atoms with van der Waals surface area (Å²) >= 11 is 5.99. The number of aryl methyl sites for hydroxylation is 2. The molecule has 0 saturated carbocycles. The molecule has 188 valence electrons. The van der Waals surface area contributed by atoms with Crippen LogP contribution in [0.25, 0.3) is 11.1 Å². The summed E-state index contributed by atoms with van der Waals surface area (Å²) in [6.45, 7) is 1.85. The van der Waals surface area contributed by atoms with E-state index in [0.717, 1.165) is 22.3 Å². The monoisotopic (exact) mass is 518 g/mol. The first kappa shape index (κ1) is 25.9. The zero-order valence-corrected chi connectivity index (χ0v) is 20.9. The van der Waals surface area contributed by atoms with Crippen LogP contribution in [0.5, 0.6) is 0 Å². The highest BCUT2D eigenvalue weighted by atomic mass is 35.5. The molecular weight excluding hydrogens is 495 g/mol. The average Bonchev–Trinajstić information content (AvgIpc) is 2.87. The number of hydrogen-bond donors (Lipinski definition) is 2. The fourth-order valence-electron chi connectivity index (χ4n) is 4.38. The van der Waals surface area contributed by atoms with Gasteiger partial charge in [0.25, 0.3) is 0 Å². The number of pyridine rings is 1. The van der Waals surface area contributed by atoms with Gasteiger partial charge in [-0.15, -0.1) is 0 Å². The number of aromatic nitrogens is 1. The van der Waals surface area contributed by atoms with Crippen LogP contribution in [0.2, 0.25) is 5.02 Å². The molecule has 37 heavy (non-hydrogen) atoms. The van der Waals surface area contributed by atoms with Crippen molar-refractivity contribution < 1.29 is 19.5 Å². The highest BCUT2D eigenvalue weighted by Crippen LogP contribution is 2.34. The van der Waals surface area contributed by atoms with Gasteiger partial charge in [0.05, 0.1) is 11.3 Å². The molecule has 2 N–H and O–H groups in total. The zero-order chi connectivity index (χ0) is 26.7. The van der Waals surface area contributed by atoms with Crippen LogP contribution >= 0.6 is 11.6 Å². The van der Waals surface area contributed by atoms with Crippen LogP contribution in [0.4, 0.5) is 4.39 Å². The first-order valence-electron chi connectivity index (χ1n) is 11.4. The normalized spacial score (nSPS) is 12.4. The van der Waals surface area contributed by atoms with Gasteiger partial charge in [0.15, 0.2) is 0 Å². The smallest absolute Gasteiger partial charge is 0.335 e. The van der Waals surface area contributed by atoms with E-state index < -0.39 is 17.7 Å². The van der Waals surface area contributed by atoms with Crippen LogP contribution in [-0.2, 0) is 7.05 Å². The molecule has 0 unspecified atom stereocenters. The molecule has 0 saturated heterocycles. The first-order valence-corrected chi connectivity index (χ1v) is 11.8. The molecule has 0 aliphatic heterocycles. The molecular formula is C29H24ClFN2O4. The first-order chi connectivity index (χ1) is 17.7. The largest absolute Gasteiger partial charge is 0.478 e. The van der Waals surface area contributed by atoms with Crippen molar-refractivity contribution in [2.75, 3.05) is 0 Å². The molecule has 4 aromatic rings. The number of carboxylic acid groups (broad SMARTS) is 1. The molecule has 0 aliphatic rings. The lowest BCUT2D eigenvalue weighted by atomic mass is 9.84. The molecule has 1 heterocycles. The van der Waals surface area contributed by atoms with Gasteiger partial charge in [0.2, 0.25) is 5.56 Å². The SMILES string of the molecule is Cc1cc(C(=O)O)ccc1-c1ccc([C@H](C/C(=N\O)c2ccc(=O)n(C)c2)c2ccc(Cl)cc2F)cc1. The summed E-state index contributed by atoms with van der Waals surface area (Å²) in [4.78, 5) is 23.1. The van der Waals surface area contributed by atoms with E-state index >= 15 is 4.39 Å². The molecule has 4 rings (SSSR count). The van der Waals surface area contributed by atoms with Crippen molar-refractivity contribution in [3.63, 3.8) is 0 Å². The van der Waals surface area contributed by atoms with Crippen molar-refractivity contribution in [1.29, 1.82) is 0 Å². The van der Waals surface area contributed by atoms with Crippen molar-refractivity contribution in [2.45, 2.75) is 19.3 Å². The van der Waals surface area contributed by atoms with Gasteiger partial charge in [0, 0.05) is 42.2 Å². The van der Waals surface area contributed by atoms with E-state index in [4.69, 9.17) is 11.6 Å². The Bertz CT molecular complexity index is 1560. The van der Waals surface area contributed by atoms with Crippen LogP contribution in [0.3, 0.4) is 0 Å². The Balaban J connectivity index is 1.74. The van der Waals surface area contributed by atoms with Gasteiger partial charge in [-0.2, -0.15) is 0 Å². The van der Waals surface area contributed by atoms with E-state index in [1.54, 1.807) is 49.6 Å². The molecule has 6 nitrogen and oxygen atoms in total. The summed E-state index contributed by atoms with van der Waals surface area (Å²) in [5.74, 6) is -2.00. The van der Waals surface area contributed by atoms with Crippen LogP contribution < -0.4 is 5.56 Å². The number of halogens is 2. The summed E-state index contributed by atoms with van der Waals surface area (Å²) in [6, 6.07) is 19.9. The molecule has 0 bridgehead atoms. The second-order valence-electron chi connectivity index (χ2n) is 8.79. The van der Waals surface area contributed by atoms with Gasteiger partial charge in [-0.3, -0.25) is 4.79 Å².